The molecule has 0 aliphatic heterocycles. The largest absolute Gasteiger partial charge is 0.493 e. The van der Waals surface area contributed by atoms with Gasteiger partial charge in [-0.1, -0.05) is 34.5 Å². The number of ether oxygens (including phenoxy) is 1. The highest BCUT2D eigenvalue weighted by molar-refractivity contribution is 9.10. The minimum atomic E-state index is -0.0412. The summed E-state index contributed by atoms with van der Waals surface area (Å²) in [5.41, 5.74) is 2.07. The van der Waals surface area contributed by atoms with Crippen LogP contribution in [0, 0.1) is 0 Å². The number of benzene rings is 1. The summed E-state index contributed by atoms with van der Waals surface area (Å²) >= 11 is 9.78. The Balaban J connectivity index is 2.58. The van der Waals surface area contributed by atoms with Gasteiger partial charge in [0.25, 0.3) is 0 Å². The standard InChI is InChI=1S/C15H19BrClN3O/c1-4-18-14(11-8-10(17)6-7-12(11)16)15-13(21-3)9-19-20(15)5-2/h6-9,14,18H,4-5H2,1-3H3. The van der Waals surface area contributed by atoms with Gasteiger partial charge >= 0.3 is 0 Å². The Kier molecular flexibility index (Phi) is 5.67. The van der Waals surface area contributed by atoms with E-state index >= 15 is 0 Å². The van der Waals surface area contributed by atoms with Crippen LogP contribution < -0.4 is 10.1 Å². The molecule has 0 fully saturated rings. The molecule has 114 valence electrons. The zero-order valence-corrected chi connectivity index (χ0v) is 14.7. The Morgan fingerprint density at radius 1 is 1.43 bits per heavy atom. The predicted octanol–water partition coefficient (Wildman–Crippen LogP) is 4.03. The van der Waals surface area contributed by atoms with E-state index in [1.54, 1.807) is 13.3 Å². The third kappa shape index (κ3) is 3.42. The van der Waals surface area contributed by atoms with Crippen LogP contribution in [0.1, 0.15) is 31.1 Å². The summed E-state index contributed by atoms with van der Waals surface area (Å²) in [6.45, 7) is 5.73. The van der Waals surface area contributed by atoms with Crippen LogP contribution >= 0.6 is 27.5 Å². The van der Waals surface area contributed by atoms with Crippen molar-refractivity contribution >= 4 is 27.5 Å². The zero-order chi connectivity index (χ0) is 15.4. The van der Waals surface area contributed by atoms with Gasteiger partial charge in [-0.2, -0.15) is 5.10 Å². The molecule has 6 heteroatoms. The number of halogens is 2. The molecule has 1 atom stereocenters. The van der Waals surface area contributed by atoms with Crippen LogP contribution in [0.3, 0.4) is 0 Å². The van der Waals surface area contributed by atoms with Crippen LogP contribution in [0.15, 0.2) is 28.9 Å². The molecule has 1 unspecified atom stereocenters. The molecule has 21 heavy (non-hydrogen) atoms. The molecule has 2 rings (SSSR count). The summed E-state index contributed by atoms with van der Waals surface area (Å²) in [7, 11) is 1.66. The van der Waals surface area contributed by atoms with Crippen molar-refractivity contribution in [1.29, 1.82) is 0 Å². The van der Waals surface area contributed by atoms with Crippen molar-refractivity contribution in [3.05, 3.63) is 45.1 Å². The molecule has 4 nitrogen and oxygen atoms in total. The lowest BCUT2D eigenvalue weighted by Gasteiger charge is -2.22. The molecule has 1 heterocycles. The van der Waals surface area contributed by atoms with Gasteiger partial charge in [-0.3, -0.25) is 4.68 Å². The molecular formula is C15H19BrClN3O. The topological polar surface area (TPSA) is 39.1 Å². The Hall–Kier alpha value is -1.04. The van der Waals surface area contributed by atoms with Gasteiger partial charge in [-0.15, -0.1) is 0 Å². The van der Waals surface area contributed by atoms with Crippen LogP contribution in [-0.4, -0.2) is 23.4 Å². The van der Waals surface area contributed by atoms with Crippen molar-refractivity contribution < 1.29 is 4.74 Å². The monoisotopic (exact) mass is 371 g/mol. The van der Waals surface area contributed by atoms with E-state index in [2.05, 4.69) is 40.2 Å². The normalized spacial score (nSPS) is 12.4. The fourth-order valence-electron chi connectivity index (χ4n) is 2.37. The number of methoxy groups -OCH3 is 1. The van der Waals surface area contributed by atoms with Crippen molar-refractivity contribution in [2.24, 2.45) is 0 Å². The van der Waals surface area contributed by atoms with Gasteiger partial charge in [-0.25, -0.2) is 0 Å². The van der Waals surface area contributed by atoms with Gasteiger partial charge < -0.3 is 10.1 Å². The molecule has 0 bridgehead atoms. The number of aryl methyl sites for hydroxylation is 1. The van der Waals surface area contributed by atoms with Crippen LogP contribution in [0.4, 0.5) is 0 Å². The second kappa shape index (κ2) is 7.29. The van der Waals surface area contributed by atoms with Crippen LogP contribution in [0.2, 0.25) is 5.02 Å². The smallest absolute Gasteiger partial charge is 0.161 e. The van der Waals surface area contributed by atoms with Crippen molar-refractivity contribution in [3.8, 4) is 5.75 Å². The van der Waals surface area contributed by atoms with Gasteiger partial charge in [-0.05, 0) is 37.2 Å². The molecule has 0 aliphatic carbocycles. The maximum absolute atomic E-state index is 6.17. The number of aromatic nitrogens is 2. The number of nitrogens with zero attached hydrogens (tertiary/aromatic N) is 2. The second-order valence-corrected chi connectivity index (χ2v) is 5.86. The number of hydrogen-bond acceptors (Lipinski definition) is 3. The molecule has 0 spiro atoms. The Morgan fingerprint density at radius 2 is 2.19 bits per heavy atom. The summed E-state index contributed by atoms with van der Waals surface area (Å²) in [5, 5.41) is 8.59. The lowest BCUT2D eigenvalue weighted by molar-refractivity contribution is 0.399. The molecule has 0 saturated carbocycles. The highest BCUT2D eigenvalue weighted by Crippen LogP contribution is 2.35. The zero-order valence-electron chi connectivity index (χ0n) is 12.4. The Bertz CT molecular complexity index is 593. The van der Waals surface area contributed by atoms with Crippen molar-refractivity contribution in [1.82, 2.24) is 15.1 Å². The molecule has 2 aromatic rings. The first-order valence-corrected chi connectivity index (χ1v) is 8.07. The van der Waals surface area contributed by atoms with E-state index in [0.717, 1.165) is 34.6 Å². The molecular weight excluding hydrogens is 354 g/mol. The van der Waals surface area contributed by atoms with E-state index in [1.807, 2.05) is 22.9 Å². The number of nitrogens with one attached hydrogen (secondary N) is 1. The van der Waals surface area contributed by atoms with Crippen LogP contribution in [0.5, 0.6) is 5.75 Å². The van der Waals surface area contributed by atoms with E-state index in [1.165, 1.54) is 0 Å². The maximum atomic E-state index is 6.17. The molecule has 0 aliphatic rings. The second-order valence-electron chi connectivity index (χ2n) is 4.57. The first kappa shape index (κ1) is 16.3. The van der Waals surface area contributed by atoms with E-state index in [4.69, 9.17) is 16.3 Å². The van der Waals surface area contributed by atoms with Crippen LogP contribution in [0.25, 0.3) is 0 Å². The lowest BCUT2D eigenvalue weighted by atomic mass is 10.0. The van der Waals surface area contributed by atoms with Crippen molar-refractivity contribution in [3.63, 3.8) is 0 Å². The minimum absolute atomic E-state index is 0.0412. The van der Waals surface area contributed by atoms with E-state index in [9.17, 15) is 0 Å². The highest BCUT2D eigenvalue weighted by atomic mass is 79.9. The third-order valence-electron chi connectivity index (χ3n) is 3.32. The minimum Gasteiger partial charge on any atom is -0.493 e. The molecule has 1 aromatic heterocycles. The fraction of sp³-hybridized carbons (Fsp3) is 0.400. The summed E-state index contributed by atoms with van der Waals surface area (Å²) < 4.78 is 8.42. The Labute approximate surface area is 138 Å². The summed E-state index contributed by atoms with van der Waals surface area (Å²) in [6.07, 6.45) is 1.75. The first-order valence-electron chi connectivity index (χ1n) is 6.90. The highest BCUT2D eigenvalue weighted by Gasteiger charge is 2.24. The lowest BCUT2D eigenvalue weighted by Crippen LogP contribution is -2.25. The number of hydrogen-bond donors (Lipinski definition) is 1. The van der Waals surface area contributed by atoms with E-state index < -0.39 is 0 Å². The van der Waals surface area contributed by atoms with E-state index in [-0.39, 0.29) is 6.04 Å². The molecule has 0 saturated heterocycles. The van der Waals surface area contributed by atoms with Crippen molar-refractivity contribution in [2.75, 3.05) is 13.7 Å². The average Bonchev–Trinajstić information content (AvgIpc) is 2.90. The van der Waals surface area contributed by atoms with Gasteiger partial charge in [0.15, 0.2) is 5.75 Å². The SMILES string of the molecule is CCNC(c1cc(Cl)ccc1Br)c1c(OC)cnn1CC. The molecule has 1 N–H and O–H groups in total. The quantitative estimate of drug-likeness (QED) is 0.832. The fourth-order valence-corrected chi connectivity index (χ4v) is 3.03. The van der Waals surface area contributed by atoms with Gasteiger partial charge in [0.2, 0.25) is 0 Å². The van der Waals surface area contributed by atoms with Crippen molar-refractivity contribution in [2.45, 2.75) is 26.4 Å². The average molecular weight is 373 g/mol. The summed E-state index contributed by atoms with van der Waals surface area (Å²) in [4.78, 5) is 0. The molecule has 1 aromatic carbocycles. The third-order valence-corrected chi connectivity index (χ3v) is 4.27. The van der Waals surface area contributed by atoms with Gasteiger partial charge in [0.05, 0.1) is 19.3 Å². The number of rotatable bonds is 6. The van der Waals surface area contributed by atoms with Crippen LogP contribution in [-0.2, 0) is 6.54 Å². The maximum Gasteiger partial charge on any atom is 0.161 e. The van der Waals surface area contributed by atoms with Gasteiger partial charge in [0.1, 0.15) is 5.69 Å². The summed E-state index contributed by atoms with van der Waals surface area (Å²) in [5.74, 6) is 0.773. The molecule has 0 amide bonds. The van der Waals surface area contributed by atoms with Gasteiger partial charge in [0, 0.05) is 16.0 Å². The Morgan fingerprint density at radius 3 is 2.81 bits per heavy atom. The van der Waals surface area contributed by atoms with E-state index in [0.29, 0.717) is 5.02 Å². The molecule has 0 radical (unpaired) electrons. The first-order chi connectivity index (χ1) is 10.1. The predicted molar refractivity (Wildman–Crippen MR) is 89.1 cm³/mol. The summed E-state index contributed by atoms with van der Waals surface area (Å²) in [6, 6.07) is 5.75.